The van der Waals surface area contributed by atoms with Gasteiger partial charge in [0, 0.05) is 11.9 Å². The van der Waals surface area contributed by atoms with Gasteiger partial charge in [0.25, 0.3) is 12.3 Å². The van der Waals surface area contributed by atoms with Crippen molar-refractivity contribution in [3.05, 3.63) is 89.6 Å². The van der Waals surface area contributed by atoms with Crippen LogP contribution >= 0.6 is 0 Å². The topological polar surface area (TPSA) is 77.1 Å². The molecule has 0 bridgehead atoms. The molecule has 0 fully saturated rings. The van der Waals surface area contributed by atoms with Gasteiger partial charge in [-0.1, -0.05) is 42.5 Å². The highest BCUT2D eigenvalue weighted by molar-refractivity contribution is 6.08. The van der Waals surface area contributed by atoms with Crippen molar-refractivity contribution in [1.82, 2.24) is 24.4 Å². The van der Waals surface area contributed by atoms with Crippen molar-refractivity contribution in [2.24, 2.45) is 0 Å². The predicted octanol–water partition coefficient (Wildman–Crippen LogP) is 4.63. The number of amides is 1. The SMILES string of the molecule is Cc1cc(C(F)F)n2ncc(C(=O)Nc3cnn(Cc4cccc5ccccc45)c3)c2n1. The van der Waals surface area contributed by atoms with E-state index in [9.17, 15) is 13.6 Å². The Bertz CT molecular complexity index is 1450. The van der Waals surface area contributed by atoms with Crippen molar-refractivity contribution in [2.75, 3.05) is 5.32 Å². The van der Waals surface area contributed by atoms with Crippen LogP contribution in [-0.2, 0) is 6.54 Å². The van der Waals surface area contributed by atoms with Crippen LogP contribution in [-0.4, -0.2) is 30.3 Å². The van der Waals surface area contributed by atoms with Gasteiger partial charge in [-0.15, -0.1) is 0 Å². The summed E-state index contributed by atoms with van der Waals surface area (Å²) in [7, 11) is 0. The van der Waals surface area contributed by atoms with E-state index in [0.717, 1.165) is 20.9 Å². The van der Waals surface area contributed by atoms with Crippen molar-refractivity contribution >= 4 is 28.0 Å². The number of halogens is 2. The second-order valence-electron chi connectivity index (χ2n) is 7.44. The normalized spacial score (nSPS) is 11.5. The molecule has 0 atom stereocenters. The maximum absolute atomic E-state index is 13.3. The zero-order valence-corrected chi connectivity index (χ0v) is 17.0. The van der Waals surface area contributed by atoms with E-state index in [4.69, 9.17) is 0 Å². The van der Waals surface area contributed by atoms with E-state index in [0.29, 0.717) is 17.9 Å². The van der Waals surface area contributed by atoms with Crippen LogP contribution in [0.1, 0.15) is 33.7 Å². The molecule has 5 aromatic rings. The van der Waals surface area contributed by atoms with Gasteiger partial charge in [0.2, 0.25) is 0 Å². The number of benzene rings is 2. The first kappa shape index (κ1) is 19.8. The fourth-order valence-corrected chi connectivity index (χ4v) is 3.75. The second-order valence-corrected chi connectivity index (χ2v) is 7.44. The van der Waals surface area contributed by atoms with E-state index in [1.54, 1.807) is 17.8 Å². The Balaban J connectivity index is 1.38. The van der Waals surface area contributed by atoms with Crippen LogP contribution in [0.5, 0.6) is 0 Å². The van der Waals surface area contributed by atoms with Crippen LogP contribution in [0.2, 0.25) is 0 Å². The summed E-state index contributed by atoms with van der Waals surface area (Å²) in [4.78, 5) is 17.0. The quantitative estimate of drug-likeness (QED) is 0.440. The lowest BCUT2D eigenvalue weighted by atomic mass is 10.0. The first-order valence-electron chi connectivity index (χ1n) is 9.93. The molecular formula is C23H18F2N6O. The number of anilines is 1. The minimum Gasteiger partial charge on any atom is -0.319 e. The molecule has 3 aromatic heterocycles. The van der Waals surface area contributed by atoms with Crippen LogP contribution in [0.4, 0.5) is 14.5 Å². The van der Waals surface area contributed by atoms with Gasteiger partial charge in [-0.25, -0.2) is 18.3 Å². The molecule has 0 aliphatic heterocycles. The number of fused-ring (bicyclic) bond motifs is 2. The first-order chi connectivity index (χ1) is 15.5. The summed E-state index contributed by atoms with van der Waals surface area (Å²) in [5.41, 5.74) is 1.85. The summed E-state index contributed by atoms with van der Waals surface area (Å²) in [6, 6.07) is 15.4. The summed E-state index contributed by atoms with van der Waals surface area (Å²) >= 11 is 0. The minimum atomic E-state index is -2.73. The predicted molar refractivity (Wildman–Crippen MR) is 116 cm³/mol. The molecule has 1 amide bonds. The lowest BCUT2D eigenvalue weighted by molar-refractivity contribution is 0.102. The van der Waals surface area contributed by atoms with Crippen molar-refractivity contribution in [3.8, 4) is 0 Å². The Labute approximate surface area is 181 Å². The van der Waals surface area contributed by atoms with Crippen molar-refractivity contribution < 1.29 is 13.6 Å². The number of hydrogen-bond acceptors (Lipinski definition) is 4. The third kappa shape index (κ3) is 3.58. The van der Waals surface area contributed by atoms with Gasteiger partial charge < -0.3 is 5.32 Å². The summed E-state index contributed by atoms with van der Waals surface area (Å²) < 4.78 is 29.3. The van der Waals surface area contributed by atoms with Gasteiger partial charge in [-0.05, 0) is 29.3 Å². The van der Waals surface area contributed by atoms with E-state index in [1.165, 1.54) is 18.5 Å². The summed E-state index contributed by atoms with van der Waals surface area (Å²) in [6.07, 6.45) is 1.76. The standard InChI is InChI=1S/C23H18F2N6O/c1-14-9-20(21(24)25)31-22(28-14)19(11-27-31)23(32)29-17-10-26-30(13-17)12-16-7-4-6-15-5-2-3-8-18(15)16/h2-11,13,21H,12H2,1H3,(H,29,32). The Morgan fingerprint density at radius 2 is 1.91 bits per heavy atom. The summed E-state index contributed by atoms with van der Waals surface area (Å²) in [5, 5.41) is 13.3. The van der Waals surface area contributed by atoms with Gasteiger partial charge in [0.15, 0.2) is 5.65 Å². The maximum atomic E-state index is 13.3. The molecule has 0 radical (unpaired) electrons. The number of nitrogens with one attached hydrogen (secondary N) is 1. The Morgan fingerprint density at radius 1 is 1.09 bits per heavy atom. The van der Waals surface area contributed by atoms with E-state index in [1.807, 2.05) is 24.3 Å². The fourth-order valence-electron chi connectivity index (χ4n) is 3.75. The second kappa shape index (κ2) is 7.84. The molecule has 0 saturated carbocycles. The summed E-state index contributed by atoms with van der Waals surface area (Å²) in [5.74, 6) is -0.497. The third-order valence-corrected chi connectivity index (χ3v) is 5.20. The number of rotatable bonds is 5. The highest BCUT2D eigenvalue weighted by Gasteiger charge is 2.20. The van der Waals surface area contributed by atoms with Gasteiger partial charge in [-0.3, -0.25) is 9.48 Å². The van der Waals surface area contributed by atoms with E-state index in [-0.39, 0.29) is 16.9 Å². The highest BCUT2D eigenvalue weighted by Crippen LogP contribution is 2.23. The van der Waals surface area contributed by atoms with E-state index < -0.39 is 12.3 Å². The maximum Gasteiger partial charge on any atom is 0.280 e. The molecule has 0 aliphatic rings. The van der Waals surface area contributed by atoms with Gasteiger partial charge >= 0.3 is 0 Å². The number of carbonyl (C=O) groups is 1. The Kier molecular flexibility index (Phi) is 4.85. The fraction of sp³-hybridized carbons (Fsp3) is 0.130. The van der Waals surface area contributed by atoms with Crippen LogP contribution in [0, 0.1) is 6.92 Å². The van der Waals surface area contributed by atoms with Gasteiger partial charge in [0.1, 0.15) is 11.3 Å². The zero-order valence-electron chi connectivity index (χ0n) is 17.0. The van der Waals surface area contributed by atoms with E-state index in [2.05, 4.69) is 38.7 Å². The number of aromatic nitrogens is 5. The highest BCUT2D eigenvalue weighted by atomic mass is 19.3. The third-order valence-electron chi connectivity index (χ3n) is 5.20. The number of hydrogen-bond donors (Lipinski definition) is 1. The van der Waals surface area contributed by atoms with Gasteiger partial charge in [0.05, 0.1) is 24.6 Å². The van der Waals surface area contributed by atoms with Crippen LogP contribution in [0.25, 0.3) is 16.4 Å². The zero-order chi connectivity index (χ0) is 22.2. The Hall–Kier alpha value is -4.14. The number of carbonyl (C=O) groups excluding carboxylic acids is 1. The van der Waals surface area contributed by atoms with Crippen molar-refractivity contribution in [3.63, 3.8) is 0 Å². The van der Waals surface area contributed by atoms with Crippen LogP contribution in [0.15, 0.2) is 67.1 Å². The smallest absolute Gasteiger partial charge is 0.280 e. The monoisotopic (exact) mass is 432 g/mol. The molecular weight excluding hydrogens is 414 g/mol. The number of aryl methyl sites for hydroxylation is 1. The van der Waals surface area contributed by atoms with Crippen molar-refractivity contribution in [2.45, 2.75) is 19.9 Å². The molecule has 9 heteroatoms. The molecule has 0 saturated heterocycles. The number of nitrogens with zero attached hydrogens (tertiary/aromatic N) is 5. The molecule has 5 rings (SSSR count). The van der Waals surface area contributed by atoms with Crippen LogP contribution in [0.3, 0.4) is 0 Å². The molecule has 160 valence electrons. The Morgan fingerprint density at radius 3 is 2.75 bits per heavy atom. The van der Waals surface area contributed by atoms with E-state index >= 15 is 0 Å². The minimum absolute atomic E-state index is 0.0842. The lowest BCUT2D eigenvalue weighted by Crippen LogP contribution is -2.12. The first-order valence-corrected chi connectivity index (χ1v) is 9.93. The van der Waals surface area contributed by atoms with Gasteiger partial charge in [-0.2, -0.15) is 10.2 Å². The molecule has 2 aromatic carbocycles. The van der Waals surface area contributed by atoms with Crippen LogP contribution < -0.4 is 5.32 Å². The largest absolute Gasteiger partial charge is 0.319 e. The molecule has 1 N–H and O–H groups in total. The molecule has 3 heterocycles. The molecule has 0 aliphatic carbocycles. The number of alkyl halides is 2. The molecule has 0 spiro atoms. The molecule has 32 heavy (non-hydrogen) atoms. The molecule has 7 nitrogen and oxygen atoms in total. The molecule has 0 unspecified atom stereocenters. The average Bonchev–Trinajstić information content (AvgIpc) is 3.40. The average molecular weight is 432 g/mol. The summed E-state index contributed by atoms with van der Waals surface area (Å²) in [6.45, 7) is 2.13. The van der Waals surface area contributed by atoms with Crippen molar-refractivity contribution in [1.29, 1.82) is 0 Å². The lowest BCUT2D eigenvalue weighted by Gasteiger charge is -2.07.